The molecule has 7 heteroatoms. The van der Waals surface area contributed by atoms with E-state index >= 15 is 0 Å². The lowest BCUT2D eigenvalue weighted by Gasteiger charge is -2.08. The number of carbonyl (C=O) groups excluding carboxylic acids is 2. The van der Waals surface area contributed by atoms with Gasteiger partial charge in [0, 0.05) is 7.05 Å². The van der Waals surface area contributed by atoms with Crippen LogP contribution in [0.2, 0.25) is 0 Å². The molecule has 3 aromatic rings. The number of rotatable bonds is 5. The van der Waals surface area contributed by atoms with Crippen molar-refractivity contribution >= 4 is 28.3 Å². The van der Waals surface area contributed by atoms with Crippen LogP contribution in [0.5, 0.6) is 5.75 Å². The average Bonchev–Trinajstić information content (AvgIpc) is 2.99. The molecule has 128 valence electrons. The summed E-state index contributed by atoms with van der Waals surface area (Å²) < 4.78 is 11.6. The summed E-state index contributed by atoms with van der Waals surface area (Å²) in [6, 6.07) is 13.5. The van der Waals surface area contributed by atoms with E-state index in [-0.39, 0.29) is 18.0 Å². The molecule has 0 spiro atoms. The van der Waals surface area contributed by atoms with Gasteiger partial charge in [-0.3, -0.25) is 9.48 Å². The minimum absolute atomic E-state index is 0.168. The average molecular weight is 339 g/mol. The Balaban J connectivity index is 1.66. The molecule has 7 nitrogen and oxygen atoms in total. The van der Waals surface area contributed by atoms with Gasteiger partial charge in [0.1, 0.15) is 5.75 Å². The summed E-state index contributed by atoms with van der Waals surface area (Å²) in [5.41, 5.74) is 0.447. The van der Waals surface area contributed by atoms with Gasteiger partial charge in [-0.15, -0.1) is 0 Å². The fraction of sp³-hybridized carbons (Fsp3) is 0.167. The number of hydrogen-bond acceptors (Lipinski definition) is 5. The minimum Gasteiger partial charge on any atom is -0.484 e. The molecule has 1 N–H and O–H groups in total. The Kier molecular flexibility index (Phi) is 4.65. The van der Waals surface area contributed by atoms with Gasteiger partial charge in [0.15, 0.2) is 12.3 Å². The van der Waals surface area contributed by atoms with E-state index in [4.69, 9.17) is 4.74 Å². The van der Waals surface area contributed by atoms with Crippen LogP contribution in [0, 0.1) is 0 Å². The first-order valence-corrected chi connectivity index (χ1v) is 7.60. The number of aromatic nitrogens is 2. The maximum atomic E-state index is 12.1. The van der Waals surface area contributed by atoms with Crippen molar-refractivity contribution in [1.82, 2.24) is 9.78 Å². The molecule has 1 aromatic heterocycles. The van der Waals surface area contributed by atoms with Gasteiger partial charge in [-0.25, -0.2) is 4.79 Å². The Morgan fingerprint density at radius 2 is 1.92 bits per heavy atom. The molecule has 25 heavy (non-hydrogen) atoms. The van der Waals surface area contributed by atoms with Crippen LogP contribution in [0.15, 0.2) is 48.7 Å². The highest BCUT2D eigenvalue weighted by atomic mass is 16.5. The molecular formula is C18H17N3O4. The number of fused-ring (bicyclic) bond motifs is 1. The number of methoxy groups -OCH3 is 1. The van der Waals surface area contributed by atoms with Crippen LogP contribution in [0.1, 0.15) is 10.5 Å². The van der Waals surface area contributed by atoms with Crippen molar-refractivity contribution in [2.75, 3.05) is 19.0 Å². The zero-order valence-corrected chi connectivity index (χ0v) is 13.9. The minimum atomic E-state index is -0.578. The smallest absolute Gasteiger partial charge is 0.358 e. The Morgan fingerprint density at radius 3 is 2.68 bits per heavy atom. The predicted molar refractivity (Wildman–Crippen MR) is 92.6 cm³/mol. The fourth-order valence-corrected chi connectivity index (χ4v) is 2.46. The molecule has 0 fully saturated rings. The third-order valence-corrected chi connectivity index (χ3v) is 3.68. The third kappa shape index (κ3) is 3.60. The molecule has 0 aliphatic carbocycles. The number of amides is 1. The number of ether oxygens (including phenoxy) is 2. The van der Waals surface area contributed by atoms with E-state index in [9.17, 15) is 9.59 Å². The zero-order chi connectivity index (χ0) is 17.8. The largest absolute Gasteiger partial charge is 0.484 e. The number of esters is 1. The summed E-state index contributed by atoms with van der Waals surface area (Å²) in [5, 5.41) is 8.68. The molecule has 0 bridgehead atoms. The van der Waals surface area contributed by atoms with E-state index in [1.54, 1.807) is 13.1 Å². The van der Waals surface area contributed by atoms with E-state index in [1.807, 2.05) is 36.4 Å². The maximum Gasteiger partial charge on any atom is 0.358 e. The Labute approximate surface area is 144 Å². The van der Waals surface area contributed by atoms with Crippen molar-refractivity contribution in [3.05, 3.63) is 54.4 Å². The van der Waals surface area contributed by atoms with Crippen molar-refractivity contribution in [2.24, 2.45) is 7.05 Å². The number of hydrogen-bond donors (Lipinski definition) is 1. The number of carbonyl (C=O) groups is 2. The molecule has 1 amide bonds. The normalized spacial score (nSPS) is 10.5. The van der Waals surface area contributed by atoms with Gasteiger partial charge in [0.05, 0.1) is 19.0 Å². The van der Waals surface area contributed by atoms with Gasteiger partial charge in [-0.1, -0.05) is 30.3 Å². The van der Waals surface area contributed by atoms with Gasteiger partial charge in [-0.05, 0) is 22.9 Å². The Bertz CT molecular complexity index is 933. The molecule has 3 rings (SSSR count). The van der Waals surface area contributed by atoms with Crippen LogP contribution in [-0.4, -0.2) is 35.4 Å². The molecule has 0 unspecified atom stereocenters. The van der Waals surface area contributed by atoms with Crippen LogP contribution in [0.4, 0.5) is 5.69 Å². The van der Waals surface area contributed by atoms with E-state index < -0.39 is 11.9 Å². The Hall–Kier alpha value is -3.35. The summed E-state index contributed by atoms with van der Waals surface area (Å²) in [6.45, 7) is -0.187. The van der Waals surface area contributed by atoms with Crippen molar-refractivity contribution in [3.8, 4) is 5.75 Å². The van der Waals surface area contributed by atoms with Gasteiger partial charge < -0.3 is 14.8 Å². The molecular weight excluding hydrogens is 322 g/mol. The number of nitrogens with zero attached hydrogens (tertiary/aromatic N) is 2. The molecule has 0 aliphatic rings. The van der Waals surface area contributed by atoms with Crippen molar-refractivity contribution < 1.29 is 19.1 Å². The maximum absolute atomic E-state index is 12.1. The van der Waals surface area contributed by atoms with Gasteiger partial charge >= 0.3 is 5.97 Å². The lowest BCUT2D eigenvalue weighted by Crippen LogP contribution is -2.22. The summed E-state index contributed by atoms with van der Waals surface area (Å²) in [4.78, 5) is 23.8. The topological polar surface area (TPSA) is 82.4 Å². The number of anilines is 1. The molecule has 0 radical (unpaired) electrons. The van der Waals surface area contributed by atoms with E-state index in [2.05, 4.69) is 15.2 Å². The van der Waals surface area contributed by atoms with E-state index in [0.717, 1.165) is 10.8 Å². The summed E-state index contributed by atoms with van der Waals surface area (Å²) in [6.07, 6.45) is 1.39. The lowest BCUT2D eigenvalue weighted by atomic mass is 10.1. The first kappa shape index (κ1) is 16.5. The second-order valence-corrected chi connectivity index (χ2v) is 5.37. The molecule has 0 saturated heterocycles. The van der Waals surface area contributed by atoms with Gasteiger partial charge in [-0.2, -0.15) is 5.10 Å². The summed E-state index contributed by atoms with van der Waals surface area (Å²) in [7, 11) is 2.86. The van der Waals surface area contributed by atoms with Crippen molar-refractivity contribution in [3.63, 3.8) is 0 Å². The second-order valence-electron chi connectivity index (χ2n) is 5.37. The lowest BCUT2D eigenvalue weighted by molar-refractivity contribution is -0.118. The molecule has 2 aromatic carbocycles. The summed E-state index contributed by atoms with van der Waals surface area (Å²) in [5.74, 6) is -0.384. The quantitative estimate of drug-likeness (QED) is 0.722. The molecule has 0 aliphatic heterocycles. The van der Waals surface area contributed by atoms with E-state index in [0.29, 0.717) is 5.75 Å². The molecule has 0 saturated carbocycles. The predicted octanol–water partition coefficient (Wildman–Crippen LogP) is 2.38. The number of aryl methyl sites for hydroxylation is 1. The summed E-state index contributed by atoms with van der Waals surface area (Å²) >= 11 is 0. The standard InChI is InChI=1S/C18H17N3O4/c1-21-17(18(23)24-2)15(10-19-21)20-16(22)11-25-14-8-7-12-5-3-4-6-13(12)9-14/h3-10H,11H2,1-2H3,(H,20,22). The number of benzene rings is 2. The first-order chi connectivity index (χ1) is 12.1. The van der Waals surface area contributed by atoms with Crippen molar-refractivity contribution in [1.29, 1.82) is 0 Å². The second kappa shape index (κ2) is 7.04. The van der Waals surface area contributed by atoms with E-state index in [1.165, 1.54) is 18.0 Å². The monoisotopic (exact) mass is 339 g/mol. The highest BCUT2D eigenvalue weighted by Crippen LogP contribution is 2.20. The molecule has 0 atom stereocenters. The highest BCUT2D eigenvalue weighted by molar-refractivity contribution is 6.00. The van der Waals surface area contributed by atoms with Gasteiger partial charge in [0.2, 0.25) is 0 Å². The van der Waals surface area contributed by atoms with Crippen LogP contribution < -0.4 is 10.1 Å². The molecule has 1 heterocycles. The van der Waals surface area contributed by atoms with Crippen molar-refractivity contribution in [2.45, 2.75) is 0 Å². The van der Waals surface area contributed by atoms with Crippen LogP contribution in [0.25, 0.3) is 10.8 Å². The van der Waals surface area contributed by atoms with Crippen LogP contribution in [0.3, 0.4) is 0 Å². The highest BCUT2D eigenvalue weighted by Gasteiger charge is 2.19. The first-order valence-electron chi connectivity index (χ1n) is 7.60. The fourth-order valence-electron chi connectivity index (χ4n) is 2.46. The van der Waals surface area contributed by atoms with Crippen LogP contribution >= 0.6 is 0 Å². The van der Waals surface area contributed by atoms with Crippen LogP contribution in [-0.2, 0) is 16.6 Å². The Morgan fingerprint density at radius 1 is 1.16 bits per heavy atom. The third-order valence-electron chi connectivity index (χ3n) is 3.68. The van der Waals surface area contributed by atoms with Gasteiger partial charge in [0.25, 0.3) is 5.91 Å². The zero-order valence-electron chi connectivity index (χ0n) is 13.9. The number of nitrogens with one attached hydrogen (secondary N) is 1. The SMILES string of the molecule is COC(=O)c1c(NC(=O)COc2ccc3ccccc3c2)cnn1C.